The first kappa shape index (κ1) is 21.8. The predicted molar refractivity (Wildman–Crippen MR) is 121 cm³/mol. The van der Waals surface area contributed by atoms with Crippen molar-refractivity contribution >= 4 is 27.4 Å². The molecule has 3 aromatic rings. The van der Waals surface area contributed by atoms with E-state index in [1.807, 2.05) is 26.0 Å². The SMILES string of the molecule is CC1(C)CC(c2ccccc2NS(=O)(=O)c2ccccc2F)Nc2ccc(C(=O)O)cc21. The van der Waals surface area contributed by atoms with Crippen molar-refractivity contribution in [3.63, 3.8) is 0 Å². The lowest BCUT2D eigenvalue weighted by atomic mass is 9.73. The summed E-state index contributed by atoms with van der Waals surface area (Å²) in [5.74, 6) is -1.81. The molecular weight excluding hydrogens is 431 g/mol. The summed E-state index contributed by atoms with van der Waals surface area (Å²) < 4.78 is 42.4. The summed E-state index contributed by atoms with van der Waals surface area (Å²) in [6.45, 7) is 4.05. The van der Waals surface area contributed by atoms with Gasteiger partial charge in [0.05, 0.1) is 17.3 Å². The molecule has 0 spiro atoms. The highest BCUT2D eigenvalue weighted by Crippen LogP contribution is 2.45. The molecule has 3 N–H and O–H groups in total. The van der Waals surface area contributed by atoms with Gasteiger partial charge in [0.15, 0.2) is 0 Å². The van der Waals surface area contributed by atoms with E-state index in [0.29, 0.717) is 17.7 Å². The van der Waals surface area contributed by atoms with Crippen LogP contribution < -0.4 is 10.0 Å². The lowest BCUT2D eigenvalue weighted by Crippen LogP contribution is -2.32. The van der Waals surface area contributed by atoms with Gasteiger partial charge in [0.25, 0.3) is 10.0 Å². The Labute approximate surface area is 186 Å². The maximum absolute atomic E-state index is 14.1. The van der Waals surface area contributed by atoms with Crippen LogP contribution in [0.25, 0.3) is 0 Å². The molecule has 0 saturated heterocycles. The Hall–Kier alpha value is -3.39. The number of sulfonamides is 1. The van der Waals surface area contributed by atoms with E-state index in [-0.39, 0.29) is 17.0 Å². The molecule has 0 fully saturated rings. The monoisotopic (exact) mass is 454 g/mol. The van der Waals surface area contributed by atoms with Gasteiger partial charge < -0.3 is 10.4 Å². The maximum Gasteiger partial charge on any atom is 0.335 e. The zero-order valence-corrected chi connectivity index (χ0v) is 18.4. The number of para-hydroxylation sites is 1. The summed E-state index contributed by atoms with van der Waals surface area (Å²) in [7, 11) is -4.13. The van der Waals surface area contributed by atoms with Crippen molar-refractivity contribution in [2.75, 3.05) is 10.0 Å². The van der Waals surface area contributed by atoms with Crippen molar-refractivity contribution in [2.45, 2.75) is 36.6 Å². The quantitative estimate of drug-likeness (QED) is 0.495. The summed E-state index contributed by atoms with van der Waals surface area (Å²) in [6, 6.07) is 16.9. The molecule has 0 aliphatic carbocycles. The second-order valence-electron chi connectivity index (χ2n) is 8.47. The molecule has 0 radical (unpaired) electrons. The largest absolute Gasteiger partial charge is 0.478 e. The lowest BCUT2D eigenvalue weighted by Gasteiger charge is -2.39. The number of hydrogen-bond acceptors (Lipinski definition) is 4. The van der Waals surface area contributed by atoms with Crippen LogP contribution in [-0.2, 0) is 15.4 Å². The van der Waals surface area contributed by atoms with Crippen molar-refractivity contribution in [3.05, 3.63) is 89.2 Å². The summed E-state index contributed by atoms with van der Waals surface area (Å²) in [6.07, 6.45) is 0.599. The molecule has 1 aliphatic rings. The Morgan fingerprint density at radius 3 is 2.50 bits per heavy atom. The van der Waals surface area contributed by atoms with Crippen LogP contribution in [0.4, 0.5) is 15.8 Å². The summed E-state index contributed by atoms with van der Waals surface area (Å²) in [5.41, 5.74) is 2.60. The first-order valence-corrected chi connectivity index (χ1v) is 11.6. The van der Waals surface area contributed by atoms with Crippen molar-refractivity contribution in [1.29, 1.82) is 0 Å². The number of carboxylic acid groups (broad SMARTS) is 1. The number of carboxylic acids is 1. The van der Waals surface area contributed by atoms with Gasteiger partial charge >= 0.3 is 5.97 Å². The second kappa shape index (κ2) is 7.94. The van der Waals surface area contributed by atoms with E-state index >= 15 is 0 Å². The average molecular weight is 455 g/mol. The zero-order valence-electron chi connectivity index (χ0n) is 17.6. The number of rotatable bonds is 5. The minimum atomic E-state index is -4.13. The van der Waals surface area contributed by atoms with Gasteiger partial charge in [-0.3, -0.25) is 4.72 Å². The number of halogens is 1. The number of anilines is 2. The number of nitrogens with one attached hydrogen (secondary N) is 2. The Morgan fingerprint density at radius 2 is 1.78 bits per heavy atom. The van der Waals surface area contributed by atoms with Gasteiger partial charge in [-0.1, -0.05) is 44.2 Å². The van der Waals surface area contributed by atoms with E-state index in [2.05, 4.69) is 10.0 Å². The van der Waals surface area contributed by atoms with Gasteiger partial charge in [-0.25, -0.2) is 17.6 Å². The highest BCUT2D eigenvalue weighted by molar-refractivity contribution is 7.92. The van der Waals surface area contributed by atoms with E-state index in [9.17, 15) is 22.7 Å². The molecule has 6 nitrogen and oxygen atoms in total. The topological polar surface area (TPSA) is 95.5 Å². The minimum Gasteiger partial charge on any atom is -0.478 e. The molecule has 1 atom stereocenters. The van der Waals surface area contributed by atoms with E-state index in [1.165, 1.54) is 18.2 Å². The summed E-state index contributed by atoms with van der Waals surface area (Å²) in [4.78, 5) is 11.0. The van der Waals surface area contributed by atoms with E-state index in [4.69, 9.17) is 0 Å². The van der Waals surface area contributed by atoms with Gasteiger partial charge in [-0.05, 0) is 59.4 Å². The van der Waals surface area contributed by atoms with Gasteiger partial charge in [0.1, 0.15) is 10.7 Å². The van der Waals surface area contributed by atoms with E-state index < -0.39 is 26.7 Å². The molecule has 8 heteroatoms. The standard InChI is InChI=1S/C24H23FN2O4S/c1-24(2)14-21(26-20-12-11-15(23(28)29)13-17(20)24)16-7-3-5-9-19(16)27-32(30,31)22-10-6-4-8-18(22)25/h3-13,21,26-27H,14H2,1-2H3,(H,28,29). The molecule has 0 amide bonds. The molecule has 32 heavy (non-hydrogen) atoms. The van der Waals surface area contributed by atoms with Crippen molar-refractivity contribution in [3.8, 4) is 0 Å². The van der Waals surface area contributed by atoms with Crippen molar-refractivity contribution in [2.24, 2.45) is 0 Å². The predicted octanol–water partition coefficient (Wildman–Crippen LogP) is 5.16. The fraction of sp³-hybridized carbons (Fsp3) is 0.208. The summed E-state index contributed by atoms with van der Waals surface area (Å²) >= 11 is 0. The van der Waals surface area contributed by atoms with Gasteiger partial charge in [-0.2, -0.15) is 0 Å². The molecule has 1 unspecified atom stereocenters. The fourth-order valence-corrected chi connectivity index (χ4v) is 5.33. The fourth-order valence-electron chi connectivity index (χ4n) is 4.17. The van der Waals surface area contributed by atoms with Crippen LogP contribution in [0.1, 0.15) is 47.8 Å². The minimum absolute atomic E-state index is 0.218. The Balaban J connectivity index is 1.71. The lowest BCUT2D eigenvalue weighted by molar-refractivity contribution is 0.0696. The van der Waals surface area contributed by atoms with Crippen LogP contribution in [0.3, 0.4) is 0 Å². The molecule has 3 aromatic carbocycles. The average Bonchev–Trinajstić information content (AvgIpc) is 2.73. The smallest absolute Gasteiger partial charge is 0.335 e. The van der Waals surface area contributed by atoms with Gasteiger partial charge in [0, 0.05) is 5.69 Å². The molecule has 4 rings (SSSR count). The second-order valence-corrected chi connectivity index (χ2v) is 10.1. The third kappa shape index (κ3) is 4.05. The zero-order chi connectivity index (χ0) is 23.1. The van der Waals surface area contributed by atoms with Crippen LogP contribution in [-0.4, -0.2) is 19.5 Å². The molecule has 1 heterocycles. The molecular formula is C24H23FN2O4S. The number of aromatic carboxylic acids is 1. The van der Waals surface area contributed by atoms with Crippen LogP contribution in [0.15, 0.2) is 71.6 Å². The van der Waals surface area contributed by atoms with Crippen LogP contribution >= 0.6 is 0 Å². The highest BCUT2D eigenvalue weighted by Gasteiger charge is 2.35. The molecule has 0 saturated carbocycles. The van der Waals surface area contributed by atoms with Crippen LogP contribution in [0.5, 0.6) is 0 Å². The third-order valence-corrected chi connectivity index (χ3v) is 7.15. The van der Waals surface area contributed by atoms with E-state index in [0.717, 1.165) is 17.3 Å². The molecule has 0 bridgehead atoms. The number of benzene rings is 3. The highest BCUT2D eigenvalue weighted by atomic mass is 32.2. The number of fused-ring (bicyclic) bond motifs is 1. The Morgan fingerprint density at radius 1 is 1.09 bits per heavy atom. The number of hydrogen-bond donors (Lipinski definition) is 3. The maximum atomic E-state index is 14.1. The Bertz CT molecular complexity index is 1300. The summed E-state index contributed by atoms with van der Waals surface area (Å²) in [5, 5.41) is 12.7. The first-order valence-electron chi connectivity index (χ1n) is 10.1. The first-order chi connectivity index (χ1) is 15.1. The van der Waals surface area contributed by atoms with Gasteiger partial charge in [-0.15, -0.1) is 0 Å². The van der Waals surface area contributed by atoms with E-state index in [1.54, 1.807) is 30.3 Å². The normalized spacial score (nSPS) is 17.2. The van der Waals surface area contributed by atoms with Crippen LogP contribution in [0.2, 0.25) is 0 Å². The molecule has 166 valence electrons. The van der Waals surface area contributed by atoms with Gasteiger partial charge in [0.2, 0.25) is 0 Å². The third-order valence-electron chi connectivity index (χ3n) is 5.75. The van der Waals surface area contributed by atoms with Crippen molar-refractivity contribution < 1.29 is 22.7 Å². The molecule has 0 aromatic heterocycles. The number of carbonyl (C=O) groups is 1. The van der Waals surface area contributed by atoms with Crippen LogP contribution in [0, 0.1) is 5.82 Å². The Kier molecular flexibility index (Phi) is 5.42. The van der Waals surface area contributed by atoms with Crippen molar-refractivity contribution in [1.82, 2.24) is 0 Å². The molecule has 1 aliphatic heterocycles.